The first-order valence-corrected chi connectivity index (χ1v) is 5.33. The van der Waals surface area contributed by atoms with Gasteiger partial charge in [-0.1, -0.05) is 0 Å². The van der Waals surface area contributed by atoms with Crippen LogP contribution in [-0.2, 0) is 0 Å². The summed E-state index contributed by atoms with van der Waals surface area (Å²) in [5.74, 6) is 1.05. The van der Waals surface area contributed by atoms with E-state index in [0.29, 0.717) is 22.8 Å². The molecule has 0 aliphatic carbocycles. The summed E-state index contributed by atoms with van der Waals surface area (Å²) in [6, 6.07) is 10.5. The normalized spacial score (nSPS) is 9.56. The number of pyridine rings is 1. The maximum absolute atomic E-state index is 10.6. The van der Waals surface area contributed by atoms with Crippen LogP contribution in [0.15, 0.2) is 36.5 Å². The molecule has 0 amide bonds. The van der Waals surface area contributed by atoms with Gasteiger partial charge in [-0.3, -0.25) is 4.79 Å². The minimum absolute atomic E-state index is 0.449. The van der Waals surface area contributed by atoms with Crippen molar-refractivity contribution in [3.8, 4) is 17.7 Å². The first-order valence-electron chi connectivity index (χ1n) is 5.33. The van der Waals surface area contributed by atoms with Crippen LogP contribution in [0, 0.1) is 18.3 Å². The summed E-state index contributed by atoms with van der Waals surface area (Å²) < 4.78 is 5.57. The van der Waals surface area contributed by atoms with Gasteiger partial charge in [0.1, 0.15) is 5.75 Å². The van der Waals surface area contributed by atoms with Gasteiger partial charge in [0, 0.05) is 17.3 Å². The maximum atomic E-state index is 10.6. The van der Waals surface area contributed by atoms with Crippen molar-refractivity contribution in [2.45, 2.75) is 6.92 Å². The predicted octanol–water partition coefficient (Wildman–Crippen LogP) is 2.87. The van der Waals surface area contributed by atoms with Gasteiger partial charge in [0.15, 0.2) is 6.29 Å². The number of aryl methyl sites for hydroxylation is 1. The third-order valence-corrected chi connectivity index (χ3v) is 2.39. The molecule has 1 aromatic heterocycles. The monoisotopic (exact) mass is 238 g/mol. The zero-order valence-electron chi connectivity index (χ0n) is 9.75. The van der Waals surface area contributed by atoms with Crippen LogP contribution >= 0.6 is 0 Å². The number of aldehydes is 1. The molecule has 18 heavy (non-hydrogen) atoms. The van der Waals surface area contributed by atoms with Gasteiger partial charge in [0.2, 0.25) is 5.88 Å². The average Bonchev–Trinajstić information content (AvgIpc) is 2.42. The Bertz CT molecular complexity index is 613. The molecule has 2 rings (SSSR count). The molecule has 0 radical (unpaired) electrons. The molecule has 0 N–H and O–H groups in total. The van der Waals surface area contributed by atoms with Gasteiger partial charge in [0.25, 0.3) is 0 Å². The fraction of sp³-hybridized carbons (Fsp3) is 0.0714. The Balaban J connectivity index is 2.23. The molecule has 0 unspecified atom stereocenters. The van der Waals surface area contributed by atoms with Gasteiger partial charge in [0.05, 0.1) is 11.6 Å². The molecule has 1 aromatic carbocycles. The van der Waals surface area contributed by atoms with E-state index in [1.54, 1.807) is 30.3 Å². The molecular formula is C14H10N2O2. The molecule has 0 aliphatic rings. The zero-order valence-corrected chi connectivity index (χ0v) is 9.75. The Labute approximate surface area is 104 Å². The molecule has 1 heterocycles. The van der Waals surface area contributed by atoms with E-state index in [-0.39, 0.29) is 0 Å². The summed E-state index contributed by atoms with van der Waals surface area (Å²) in [7, 11) is 0. The van der Waals surface area contributed by atoms with Crippen LogP contribution in [0.1, 0.15) is 21.5 Å². The Morgan fingerprint density at radius 2 is 2.06 bits per heavy atom. The number of rotatable bonds is 3. The molecule has 0 fully saturated rings. The van der Waals surface area contributed by atoms with Gasteiger partial charge in [-0.15, -0.1) is 0 Å². The Morgan fingerprint density at radius 1 is 1.33 bits per heavy atom. The predicted molar refractivity (Wildman–Crippen MR) is 65.6 cm³/mol. The number of benzene rings is 1. The molecule has 4 heteroatoms. The van der Waals surface area contributed by atoms with Gasteiger partial charge in [-0.25, -0.2) is 4.98 Å². The van der Waals surface area contributed by atoms with Gasteiger partial charge in [-0.2, -0.15) is 5.26 Å². The van der Waals surface area contributed by atoms with Crippen LogP contribution in [0.3, 0.4) is 0 Å². The molecular weight excluding hydrogens is 228 g/mol. The molecule has 0 saturated carbocycles. The molecule has 0 atom stereocenters. The first kappa shape index (κ1) is 11.8. The van der Waals surface area contributed by atoms with Gasteiger partial charge < -0.3 is 4.74 Å². The van der Waals surface area contributed by atoms with Crippen molar-refractivity contribution in [1.29, 1.82) is 5.26 Å². The third kappa shape index (κ3) is 2.53. The summed E-state index contributed by atoms with van der Waals surface area (Å²) in [4.78, 5) is 14.7. The highest BCUT2D eigenvalue weighted by molar-refractivity contribution is 5.74. The summed E-state index contributed by atoms with van der Waals surface area (Å²) in [5, 5.41) is 8.68. The van der Waals surface area contributed by atoms with E-state index in [2.05, 4.69) is 4.98 Å². The van der Waals surface area contributed by atoms with Crippen LogP contribution < -0.4 is 4.74 Å². The molecule has 4 nitrogen and oxygen atoms in total. The molecule has 88 valence electrons. The highest BCUT2D eigenvalue weighted by Gasteiger charge is 2.04. The molecule has 0 aliphatic heterocycles. The standard InChI is InChI=1S/C14H10N2O2/c1-10-6-12(9-17)8-16-14(10)18-13-4-2-11(7-15)3-5-13/h2-6,8-9H,1H3. The van der Waals surface area contributed by atoms with E-state index in [4.69, 9.17) is 10.00 Å². The van der Waals surface area contributed by atoms with Crippen molar-refractivity contribution in [3.63, 3.8) is 0 Å². The number of hydrogen-bond donors (Lipinski definition) is 0. The fourth-order valence-electron chi connectivity index (χ4n) is 1.46. The van der Waals surface area contributed by atoms with Crippen molar-refractivity contribution in [3.05, 3.63) is 53.2 Å². The average molecular weight is 238 g/mol. The summed E-state index contributed by atoms with van der Waals surface area (Å²) in [6.07, 6.45) is 2.20. The van der Waals surface area contributed by atoms with E-state index in [1.807, 2.05) is 13.0 Å². The molecule has 0 saturated heterocycles. The van der Waals surface area contributed by atoms with Crippen LogP contribution in [0.4, 0.5) is 0 Å². The lowest BCUT2D eigenvalue weighted by molar-refractivity contribution is 0.112. The Hall–Kier alpha value is -2.67. The van der Waals surface area contributed by atoms with E-state index >= 15 is 0 Å². The number of ether oxygens (including phenoxy) is 1. The van der Waals surface area contributed by atoms with Crippen LogP contribution in [0.25, 0.3) is 0 Å². The maximum Gasteiger partial charge on any atom is 0.222 e. The topological polar surface area (TPSA) is 63.0 Å². The minimum Gasteiger partial charge on any atom is -0.439 e. The van der Waals surface area contributed by atoms with Gasteiger partial charge in [-0.05, 0) is 37.3 Å². The summed E-state index contributed by atoms with van der Waals surface area (Å²) in [6.45, 7) is 1.82. The van der Waals surface area contributed by atoms with E-state index in [1.165, 1.54) is 6.20 Å². The Morgan fingerprint density at radius 3 is 2.61 bits per heavy atom. The van der Waals surface area contributed by atoms with Gasteiger partial charge >= 0.3 is 0 Å². The van der Waals surface area contributed by atoms with Crippen molar-refractivity contribution in [2.24, 2.45) is 0 Å². The summed E-state index contributed by atoms with van der Waals surface area (Å²) >= 11 is 0. The van der Waals surface area contributed by atoms with Crippen LogP contribution in [0.2, 0.25) is 0 Å². The second-order valence-electron chi connectivity index (χ2n) is 3.75. The number of carbonyl (C=O) groups is 1. The van der Waals surface area contributed by atoms with Crippen molar-refractivity contribution in [1.82, 2.24) is 4.98 Å². The van der Waals surface area contributed by atoms with Crippen LogP contribution in [-0.4, -0.2) is 11.3 Å². The highest BCUT2D eigenvalue weighted by Crippen LogP contribution is 2.23. The van der Waals surface area contributed by atoms with E-state index in [0.717, 1.165) is 11.8 Å². The second-order valence-corrected chi connectivity index (χ2v) is 3.75. The highest BCUT2D eigenvalue weighted by atomic mass is 16.5. The SMILES string of the molecule is Cc1cc(C=O)cnc1Oc1ccc(C#N)cc1. The quantitative estimate of drug-likeness (QED) is 0.771. The van der Waals surface area contributed by atoms with Crippen LogP contribution in [0.5, 0.6) is 11.6 Å². The lowest BCUT2D eigenvalue weighted by atomic mass is 10.2. The van der Waals surface area contributed by atoms with E-state index < -0.39 is 0 Å². The minimum atomic E-state index is 0.449. The molecule has 0 bridgehead atoms. The van der Waals surface area contributed by atoms with Crippen molar-refractivity contribution >= 4 is 6.29 Å². The number of hydrogen-bond acceptors (Lipinski definition) is 4. The number of nitriles is 1. The molecule has 0 spiro atoms. The lowest BCUT2D eigenvalue weighted by Gasteiger charge is -2.07. The molecule has 2 aromatic rings. The second kappa shape index (κ2) is 5.11. The number of nitrogens with zero attached hydrogens (tertiary/aromatic N) is 2. The third-order valence-electron chi connectivity index (χ3n) is 2.39. The zero-order chi connectivity index (χ0) is 13.0. The Kier molecular flexibility index (Phi) is 3.35. The van der Waals surface area contributed by atoms with E-state index in [9.17, 15) is 4.79 Å². The lowest BCUT2D eigenvalue weighted by Crippen LogP contribution is -1.93. The van der Waals surface area contributed by atoms with Crippen molar-refractivity contribution < 1.29 is 9.53 Å². The fourth-order valence-corrected chi connectivity index (χ4v) is 1.46. The van der Waals surface area contributed by atoms with Crippen molar-refractivity contribution in [2.75, 3.05) is 0 Å². The summed E-state index contributed by atoms with van der Waals surface area (Å²) in [5.41, 5.74) is 1.87. The smallest absolute Gasteiger partial charge is 0.222 e. The number of aromatic nitrogens is 1. The largest absolute Gasteiger partial charge is 0.439 e. The first-order chi connectivity index (χ1) is 8.72. The number of carbonyl (C=O) groups excluding carboxylic acids is 1.